The van der Waals surface area contributed by atoms with Gasteiger partial charge < -0.3 is 18.9 Å². The zero-order valence-electron chi connectivity index (χ0n) is 18.9. The summed E-state index contributed by atoms with van der Waals surface area (Å²) in [6.07, 6.45) is 1.53. The first-order chi connectivity index (χ1) is 16.4. The summed E-state index contributed by atoms with van der Waals surface area (Å²) in [7, 11) is 3.03. The summed E-state index contributed by atoms with van der Waals surface area (Å²) in [6, 6.07) is 16.5. The highest BCUT2D eigenvalue weighted by Gasteiger charge is 2.14. The Morgan fingerprint density at radius 1 is 0.971 bits per heavy atom. The fourth-order valence-corrected chi connectivity index (χ4v) is 3.85. The number of methoxy groups -OCH3 is 2. The van der Waals surface area contributed by atoms with E-state index in [0.717, 1.165) is 10.0 Å². The number of nitrogens with one attached hydrogen (secondary N) is 1. The summed E-state index contributed by atoms with van der Waals surface area (Å²) in [6.45, 7) is 2.75. The molecule has 0 unspecified atom stereocenters. The molecule has 34 heavy (non-hydrogen) atoms. The van der Waals surface area contributed by atoms with Crippen LogP contribution in [-0.2, 0) is 6.61 Å². The number of amides is 1. The summed E-state index contributed by atoms with van der Waals surface area (Å²) in [5, 5.41) is 4.08. The van der Waals surface area contributed by atoms with Crippen LogP contribution in [0.15, 0.2) is 68.6 Å². The minimum atomic E-state index is -0.408. The van der Waals surface area contributed by atoms with Crippen molar-refractivity contribution in [1.82, 2.24) is 5.43 Å². The van der Waals surface area contributed by atoms with E-state index in [0.29, 0.717) is 51.8 Å². The molecule has 0 aliphatic carbocycles. The van der Waals surface area contributed by atoms with Crippen LogP contribution in [0.5, 0.6) is 23.0 Å². The van der Waals surface area contributed by atoms with Crippen molar-refractivity contribution in [3.63, 3.8) is 0 Å². The second-order valence-corrected chi connectivity index (χ2v) is 8.71. The lowest BCUT2D eigenvalue weighted by Crippen LogP contribution is -2.18. The van der Waals surface area contributed by atoms with Crippen LogP contribution in [0.3, 0.4) is 0 Å². The van der Waals surface area contributed by atoms with E-state index in [4.69, 9.17) is 18.9 Å². The highest BCUT2D eigenvalue weighted by Crippen LogP contribution is 2.37. The van der Waals surface area contributed by atoms with Gasteiger partial charge in [-0.25, -0.2) is 5.43 Å². The van der Waals surface area contributed by atoms with Crippen molar-refractivity contribution < 1.29 is 23.7 Å². The average Bonchev–Trinajstić information content (AvgIpc) is 2.84. The minimum absolute atomic E-state index is 0.341. The summed E-state index contributed by atoms with van der Waals surface area (Å²) in [4.78, 5) is 12.5. The quantitative estimate of drug-likeness (QED) is 0.232. The lowest BCUT2D eigenvalue weighted by Gasteiger charge is -2.15. The van der Waals surface area contributed by atoms with Crippen LogP contribution in [-0.4, -0.2) is 32.9 Å². The van der Waals surface area contributed by atoms with Crippen LogP contribution >= 0.6 is 31.9 Å². The molecule has 0 radical (unpaired) electrons. The first-order valence-corrected chi connectivity index (χ1v) is 11.9. The third-order valence-corrected chi connectivity index (χ3v) is 5.78. The van der Waals surface area contributed by atoms with Crippen LogP contribution in [0, 0.1) is 0 Å². The molecule has 178 valence electrons. The molecule has 0 atom stereocenters. The van der Waals surface area contributed by atoms with Gasteiger partial charge in [0.25, 0.3) is 5.91 Å². The Bertz CT molecular complexity index is 1170. The molecule has 0 spiro atoms. The van der Waals surface area contributed by atoms with Crippen molar-refractivity contribution in [3.05, 3.63) is 80.2 Å². The molecule has 3 aromatic rings. The number of ether oxygens (including phenoxy) is 4. The fraction of sp³-hybridized carbons (Fsp3) is 0.200. The maximum atomic E-state index is 12.5. The van der Waals surface area contributed by atoms with Gasteiger partial charge in [0.1, 0.15) is 18.1 Å². The molecule has 0 saturated heterocycles. The van der Waals surface area contributed by atoms with E-state index in [9.17, 15) is 4.79 Å². The van der Waals surface area contributed by atoms with Crippen LogP contribution < -0.4 is 24.4 Å². The molecule has 1 N–H and O–H groups in total. The Kier molecular flexibility index (Phi) is 9.35. The number of halogens is 2. The van der Waals surface area contributed by atoms with Gasteiger partial charge in [-0.15, -0.1) is 0 Å². The SMILES string of the molecule is CCOc1cc(/C=N\NC(=O)c2ccc(OC)cc2OC)cc(Br)c1OCc1ccc(Br)cc1. The molecule has 3 aromatic carbocycles. The Morgan fingerprint density at radius 3 is 2.41 bits per heavy atom. The molecular formula is C25H24Br2N2O5. The van der Waals surface area contributed by atoms with Gasteiger partial charge in [-0.3, -0.25) is 4.79 Å². The van der Waals surface area contributed by atoms with Gasteiger partial charge in [0.2, 0.25) is 0 Å². The molecule has 0 heterocycles. The lowest BCUT2D eigenvalue weighted by atomic mass is 10.2. The van der Waals surface area contributed by atoms with Gasteiger partial charge in [-0.1, -0.05) is 28.1 Å². The van der Waals surface area contributed by atoms with Crippen LogP contribution in [0.4, 0.5) is 0 Å². The van der Waals surface area contributed by atoms with Crippen molar-refractivity contribution in [2.24, 2.45) is 5.10 Å². The van der Waals surface area contributed by atoms with Crippen LogP contribution in [0.1, 0.15) is 28.4 Å². The maximum Gasteiger partial charge on any atom is 0.275 e. The third kappa shape index (κ3) is 6.74. The van der Waals surface area contributed by atoms with Gasteiger partial charge in [-0.2, -0.15) is 5.10 Å². The summed E-state index contributed by atoms with van der Waals surface area (Å²) in [5.74, 6) is 1.73. The maximum absolute atomic E-state index is 12.5. The highest BCUT2D eigenvalue weighted by atomic mass is 79.9. The Morgan fingerprint density at radius 2 is 1.74 bits per heavy atom. The number of rotatable bonds is 10. The lowest BCUT2D eigenvalue weighted by molar-refractivity contribution is 0.0952. The van der Waals surface area contributed by atoms with Gasteiger partial charge in [-0.05, 0) is 70.4 Å². The van der Waals surface area contributed by atoms with Crippen molar-refractivity contribution in [2.75, 3.05) is 20.8 Å². The van der Waals surface area contributed by atoms with Crippen LogP contribution in [0.2, 0.25) is 0 Å². The van der Waals surface area contributed by atoms with Gasteiger partial charge in [0.15, 0.2) is 11.5 Å². The predicted octanol–water partition coefficient (Wildman–Crippen LogP) is 5.97. The van der Waals surface area contributed by atoms with E-state index in [1.165, 1.54) is 13.3 Å². The number of carbonyl (C=O) groups is 1. The molecule has 0 aliphatic rings. The van der Waals surface area contributed by atoms with Crippen LogP contribution in [0.25, 0.3) is 0 Å². The molecule has 9 heteroatoms. The van der Waals surface area contributed by atoms with Gasteiger partial charge in [0, 0.05) is 10.5 Å². The van der Waals surface area contributed by atoms with Crippen molar-refractivity contribution in [1.29, 1.82) is 0 Å². The number of nitrogens with zero attached hydrogens (tertiary/aromatic N) is 1. The topological polar surface area (TPSA) is 78.4 Å². The van der Waals surface area contributed by atoms with E-state index in [-0.39, 0.29) is 0 Å². The van der Waals surface area contributed by atoms with Gasteiger partial charge in [0.05, 0.1) is 37.1 Å². The smallest absolute Gasteiger partial charge is 0.275 e. The number of hydrazone groups is 1. The monoisotopic (exact) mass is 590 g/mol. The number of hydrogen-bond donors (Lipinski definition) is 1. The van der Waals surface area contributed by atoms with Crippen molar-refractivity contribution in [3.8, 4) is 23.0 Å². The average molecular weight is 592 g/mol. The van der Waals surface area contributed by atoms with E-state index in [2.05, 4.69) is 42.4 Å². The standard InChI is InChI=1S/C25H24Br2N2O5/c1-4-33-23-12-17(11-21(27)24(23)34-15-16-5-7-18(26)8-6-16)14-28-29-25(30)20-10-9-19(31-2)13-22(20)32-3/h5-14H,4,15H2,1-3H3,(H,29,30)/b28-14-. The minimum Gasteiger partial charge on any atom is -0.497 e. The molecule has 0 aromatic heterocycles. The van der Waals surface area contributed by atoms with Gasteiger partial charge >= 0.3 is 0 Å². The second-order valence-electron chi connectivity index (χ2n) is 6.94. The normalized spacial score (nSPS) is 10.7. The molecule has 0 bridgehead atoms. The number of benzene rings is 3. The molecule has 0 aliphatic heterocycles. The largest absolute Gasteiger partial charge is 0.497 e. The Labute approximate surface area is 215 Å². The van der Waals surface area contributed by atoms with E-state index in [1.807, 2.05) is 37.3 Å². The molecule has 7 nitrogen and oxygen atoms in total. The van der Waals surface area contributed by atoms with E-state index >= 15 is 0 Å². The number of carbonyl (C=O) groups excluding carboxylic acids is 1. The predicted molar refractivity (Wildman–Crippen MR) is 138 cm³/mol. The molecule has 3 rings (SSSR count). The first-order valence-electron chi connectivity index (χ1n) is 10.3. The van der Waals surface area contributed by atoms with Crippen molar-refractivity contribution >= 4 is 44.0 Å². The molecular weight excluding hydrogens is 568 g/mol. The third-order valence-electron chi connectivity index (χ3n) is 4.66. The first kappa shape index (κ1) is 25.6. The summed E-state index contributed by atoms with van der Waals surface area (Å²) < 4.78 is 23.9. The second kappa shape index (κ2) is 12.4. The zero-order chi connectivity index (χ0) is 24.5. The number of hydrogen-bond acceptors (Lipinski definition) is 6. The Balaban J connectivity index is 1.73. The van der Waals surface area contributed by atoms with E-state index < -0.39 is 5.91 Å². The zero-order valence-corrected chi connectivity index (χ0v) is 22.1. The molecule has 1 amide bonds. The summed E-state index contributed by atoms with van der Waals surface area (Å²) in [5.41, 5.74) is 4.60. The summed E-state index contributed by atoms with van der Waals surface area (Å²) >= 11 is 6.98. The van der Waals surface area contributed by atoms with Crippen molar-refractivity contribution in [2.45, 2.75) is 13.5 Å². The highest BCUT2D eigenvalue weighted by molar-refractivity contribution is 9.10. The molecule has 0 saturated carbocycles. The van der Waals surface area contributed by atoms with E-state index in [1.54, 1.807) is 31.4 Å². The molecule has 0 fully saturated rings. The Hall–Kier alpha value is -3.04. The fourth-order valence-electron chi connectivity index (χ4n) is 3.01.